The normalized spacial score (nSPS) is 36.7. The van der Waals surface area contributed by atoms with E-state index in [0.29, 0.717) is 23.1 Å². The van der Waals surface area contributed by atoms with Gasteiger partial charge in [-0.05, 0) is 62.1 Å². The number of hydrogen-bond acceptors (Lipinski definition) is 5. The fourth-order valence-corrected chi connectivity index (χ4v) is 9.43. The molecule has 39 heavy (non-hydrogen) atoms. The van der Waals surface area contributed by atoms with Crippen LogP contribution < -0.4 is 0 Å². The third-order valence-corrected chi connectivity index (χ3v) is 11.8. The standard InChI is InChI=1S/C29H31BrCl2N2O5/c1-14-10-16(11-15(2)23(14)35)22-18-8-9-19-21(25(37)34(24(19)36)17-6-4-3-5-7-17)20(18)12-28(31)26(38)33(13-30)27(39)29(22,28)32/h8,10-11,17,19-22,35H,3-7,9,12-13H2,1-2H3/t19-,20+,21-,22-,28+,29-/m0/s1. The lowest BCUT2D eigenvalue weighted by molar-refractivity contribution is -0.144. The first kappa shape index (κ1) is 27.3. The number of hydrogen-bond donors (Lipinski definition) is 1. The van der Waals surface area contributed by atoms with Gasteiger partial charge < -0.3 is 5.11 Å². The van der Waals surface area contributed by atoms with Gasteiger partial charge in [0.2, 0.25) is 11.8 Å². The van der Waals surface area contributed by atoms with Crippen molar-refractivity contribution in [3.05, 3.63) is 40.5 Å². The smallest absolute Gasteiger partial charge is 0.254 e. The highest BCUT2D eigenvalue weighted by Crippen LogP contribution is 2.65. The van der Waals surface area contributed by atoms with Crippen LogP contribution in [0, 0.1) is 31.6 Å². The number of allylic oxidation sites excluding steroid dienone is 2. The maximum atomic E-state index is 14.0. The van der Waals surface area contributed by atoms with Gasteiger partial charge in [0, 0.05) is 12.0 Å². The highest BCUT2D eigenvalue weighted by Gasteiger charge is 2.76. The quantitative estimate of drug-likeness (QED) is 0.217. The molecule has 7 nitrogen and oxygen atoms in total. The van der Waals surface area contributed by atoms with Gasteiger partial charge in [-0.3, -0.25) is 29.0 Å². The SMILES string of the molecule is Cc1cc([C@H]2C3=CC[C@@H]4C(=O)N(C5CCCCC5)C(=O)[C@@H]4[C@@H]3C[C@@]3(Cl)C(=O)N(CBr)C(=O)[C@@]23Cl)cc(C)c1O. The van der Waals surface area contributed by atoms with E-state index in [1.807, 2.05) is 6.08 Å². The Labute approximate surface area is 246 Å². The summed E-state index contributed by atoms with van der Waals surface area (Å²) in [6.07, 6.45) is 7.02. The third kappa shape index (κ3) is 3.53. The van der Waals surface area contributed by atoms with Crippen molar-refractivity contribution < 1.29 is 24.3 Å². The first-order valence-electron chi connectivity index (χ1n) is 13.6. The van der Waals surface area contributed by atoms with E-state index in [-0.39, 0.29) is 35.5 Å². The van der Waals surface area contributed by atoms with Crippen molar-refractivity contribution in [2.75, 3.05) is 5.45 Å². The predicted octanol–water partition coefficient (Wildman–Crippen LogP) is 5.05. The second kappa shape index (κ2) is 9.31. The highest BCUT2D eigenvalue weighted by atomic mass is 79.9. The molecule has 0 unspecified atom stereocenters. The van der Waals surface area contributed by atoms with Gasteiger partial charge in [0.1, 0.15) is 5.75 Å². The number of nitrogens with zero attached hydrogens (tertiary/aromatic N) is 2. The molecule has 0 spiro atoms. The van der Waals surface area contributed by atoms with Crippen LogP contribution >= 0.6 is 39.1 Å². The average Bonchev–Trinajstić information content (AvgIpc) is 3.25. The van der Waals surface area contributed by atoms with E-state index < -0.39 is 45.2 Å². The summed E-state index contributed by atoms with van der Waals surface area (Å²) >= 11 is 17.8. The first-order valence-corrected chi connectivity index (χ1v) is 15.5. The second-order valence-corrected chi connectivity index (χ2v) is 13.6. The number of phenolic OH excluding ortho intramolecular Hbond substituents is 1. The molecule has 5 aliphatic rings. The van der Waals surface area contributed by atoms with Crippen LogP contribution in [0.2, 0.25) is 0 Å². The number of benzene rings is 1. The van der Waals surface area contributed by atoms with E-state index in [1.165, 1.54) is 4.90 Å². The summed E-state index contributed by atoms with van der Waals surface area (Å²) < 4.78 is 0. The van der Waals surface area contributed by atoms with E-state index in [9.17, 15) is 24.3 Å². The molecule has 1 aromatic rings. The van der Waals surface area contributed by atoms with Crippen molar-refractivity contribution in [3.63, 3.8) is 0 Å². The number of aromatic hydroxyl groups is 1. The van der Waals surface area contributed by atoms with Crippen molar-refractivity contribution in [3.8, 4) is 5.75 Å². The summed E-state index contributed by atoms with van der Waals surface area (Å²) in [5.74, 6) is -3.89. The molecule has 208 valence electrons. The van der Waals surface area contributed by atoms with Gasteiger partial charge in [-0.15, -0.1) is 23.2 Å². The number of alkyl halides is 3. The number of aryl methyl sites for hydroxylation is 2. The maximum Gasteiger partial charge on any atom is 0.254 e. The number of carbonyl (C=O) groups excluding carboxylic acids is 4. The molecule has 10 heteroatoms. The molecule has 2 saturated carbocycles. The monoisotopic (exact) mass is 636 g/mol. The number of likely N-dealkylation sites (tertiary alicyclic amines) is 2. The minimum absolute atomic E-state index is 0.0107. The molecule has 2 saturated heterocycles. The molecule has 1 aromatic carbocycles. The zero-order valence-electron chi connectivity index (χ0n) is 21.9. The number of halogens is 3. The molecule has 2 aliphatic heterocycles. The maximum absolute atomic E-state index is 14.0. The number of phenols is 1. The molecular weight excluding hydrogens is 607 g/mol. The molecule has 6 atom stereocenters. The van der Waals surface area contributed by atoms with Crippen molar-refractivity contribution in [1.29, 1.82) is 0 Å². The largest absolute Gasteiger partial charge is 0.507 e. The van der Waals surface area contributed by atoms with Gasteiger partial charge in [0.25, 0.3) is 11.8 Å². The van der Waals surface area contributed by atoms with Crippen molar-refractivity contribution in [2.24, 2.45) is 17.8 Å². The van der Waals surface area contributed by atoms with Crippen LogP contribution in [0.1, 0.15) is 67.6 Å². The van der Waals surface area contributed by atoms with Gasteiger partial charge in [0.05, 0.1) is 17.3 Å². The van der Waals surface area contributed by atoms with E-state index in [2.05, 4.69) is 15.9 Å². The van der Waals surface area contributed by atoms with Crippen LogP contribution in [-0.4, -0.2) is 59.8 Å². The Morgan fingerprint density at radius 2 is 1.62 bits per heavy atom. The number of amides is 4. The van der Waals surface area contributed by atoms with Crippen LogP contribution in [0.25, 0.3) is 0 Å². The minimum atomic E-state index is -1.83. The molecule has 6 rings (SSSR count). The number of imide groups is 2. The molecule has 4 fully saturated rings. The van der Waals surface area contributed by atoms with Crippen LogP contribution in [0.5, 0.6) is 5.75 Å². The van der Waals surface area contributed by atoms with Crippen LogP contribution in [0.15, 0.2) is 23.8 Å². The van der Waals surface area contributed by atoms with E-state index in [0.717, 1.165) is 42.6 Å². The summed E-state index contributed by atoms with van der Waals surface area (Å²) in [5.41, 5.74) is 2.57. The Morgan fingerprint density at radius 1 is 0.974 bits per heavy atom. The van der Waals surface area contributed by atoms with Crippen molar-refractivity contribution in [2.45, 2.75) is 80.5 Å². The first-order chi connectivity index (χ1) is 18.5. The van der Waals surface area contributed by atoms with Gasteiger partial charge >= 0.3 is 0 Å². The summed E-state index contributed by atoms with van der Waals surface area (Å²) in [7, 11) is 0. The Hall–Kier alpha value is -1.90. The second-order valence-electron chi connectivity index (χ2n) is 11.8. The van der Waals surface area contributed by atoms with E-state index in [4.69, 9.17) is 23.2 Å². The lowest BCUT2D eigenvalue weighted by atomic mass is 9.56. The van der Waals surface area contributed by atoms with Gasteiger partial charge in [-0.25, -0.2) is 0 Å². The molecule has 1 N–H and O–H groups in total. The third-order valence-electron chi connectivity index (χ3n) is 9.84. The van der Waals surface area contributed by atoms with Crippen molar-refractivity contribution in [1.82, 2.24) is 9.80 Å². The van der Waals surface area contributed by atoms with Gasteiger partial charge in [-0.2, -0.15) is 0 Å². The fraction of sp³-hybridized carbons (Fsp3) is 0.586. The number of fused-ring (bicyclic) bond motifs is 4. The molecule has 0 aromatic heterocycles. The molecular formula is C29H31BrCl2N2O5. The summed E-state index contributed by atoms with van der Waals surface area (Å²) in [6, 6.07) is 3.45. The van der Waals surface area contributed by atoms with Crippen LogP contribution in [0.4, 0.5) is 0 Å². The van der Waals surface area contributed by atoms with E-state index in [1.54, 1.807) is 26.0 Å². The zero-order valence-corrected chi connectivity index (χ0v) is 25.0. The van der Waals surface area contributed by atoms with Crippen LogP contribution in [-0.2, 0) is 19.2 Å². The predicted molar refractivity (Wildman–Crippen MR) is 150 cm³/mol. The fourth-order valence-electron chi connectivity index (χ4n) is 8.01. The molecule has 3 aliphatic carbocycles. The lowest BCUT2D eigenvalue weighted by Crippen LogP contribution is -2.60. The summed E-state index contributed by atoms with van der Waals surface area (Å²) in [6.45, 7) is 3.53. The summed E-state index contributed by atoms with van der Waals surface area (Å²) in [4.78, 5) is 54.2. The topological polar surface area (TPSA) is 95.0 Å². The van der Waals surface area contributed by atoms with Gasteiger partial charge in [0.15, 0.2) is 9.75 Å². The molecule has 2 heterocycles. The molecule has 0 radical (unpaired) electrons. The number of carbonyl (C=O) groups is 4. The zero-order chi connectivity index (χ0) is 28.0. The number of rotatable bonds is 3. The Bertz CT molecular complexity index is 1320. The molecule has 4 amide bonds. The lowest BCUT2D eigenvalue weighted by Gasteiger charge is -2.51. The van der Waals surface area contributed by atoms with Gasteiger partial charge in [-0.1, -0.05) is 59.0 Å². The van der Waals surface area contributed by atoms with Crippen LogP contribution in [0.3, 0.4) is 0 Å². The molecule has 0 bridgehead atoms. The minimum Gasteiger partial charge on any atom is -0.507 e. The van der Waals surface area contributed by atoms with E-state index >= 15 is 0 Å². The summed E-state index contributed by atoms with van der Waals surface area (Å²) in [5, 5.41) is 10.5. The Morgan fingerprint density at radius 3 is 2.23 bits per heavy atom. The average molecular weight is 638 g/mol. The Kier molecular flexibility index (Phi) is 6.52. The van der Waals surface area contributed by atoms with Crippen molar-refractivity contribution >= 4 is 62.8 Å². The Balaban J connectivity index is 1.51. The highest BCUT2D eigenvalue weighted by molar-refractivity contribution is 9.09.